The van der Waals surface area contributed by atoms with Gasteiger partial charge in [-0.15, -0.1) is 0 Å². The largest absolute Gasteiger partial charge is 0.432 e. The second kappa shape index (κ2) is 4.06. The lowest BCUT2D eigenvalue weighted by molar-refractivity contribution is 0.650. The van der Waals surface area contributed by atoms with Crippen LogP contribution < -0.4 is 5.32 Å². The van der Waals surface area contributed by atoms with E-state index in [1.54, 1.807) is 6.33 Å². The van der Waals surface area contributed by atoms with Gasteiger partial charge in [-0.25, -0.2) is 15.0 Å². The molecule has 102 valence electrons. The summed E-state index contributed by atoms with van der Waals surface area (Å²) in [6.45, 7) is 3.83. The number of hydrogen-bond donors (Lipinski definition) is 1. The van der Waals surface area contributed by atoms with Crippen molar-refractivity contribution in [3.05, 3.63) is 22.6 Å². The molecule has 1 aliphatic rings. The van der Waals surface area contributed by atoms with Crippen LogP contribution in [0.15, 0.2) is 10.7 Å². The molecule has 0 amide bonds. The van der Waals surface area contributed by atoms with Crippen LogP contribution in [0.1, 0.15) is 24.1 Å². The van der Waals surface area contributed by atoms with E-state index in [0.717, 1.165) is 28.0 Å². The van der Waals surface area contributed by atoms with E-state index in [1.807, 2.05) is 13.8 Å². The molecule has 0 unspecified atom stereocenters. The molecule has 0 aromatic carbocycles. The Hall–Kier alpha value is -1.88. The summed E-state index contributed by atoms with van der Waals surface area (Å²) in [5, 5.41) is 4.90. The molecule has 20 heavy (non-hydrogen) atoms. The SMILES string of the molecule is Cc1nc2oc3c(NC4CC4)ncnc3c2c(C)c1Cl. The third-order valence-corrected chi connectivity index (χ3v) is 4.22. The van der Waals surface area contributed by atoms with Crippen molar-refractivity contribution < 1.29 is 4.42 Å². The minimum absolute atomic E-state index is 0.501. The number of fused-ring (bicyclic) bond motifs is 3. The normalized spacial score (nSPS) is 15.2. The van der Waals surface area contributed by atoms with Gasteiger partial charge in [-0.05, 0) is 32.3 Å². The van der Waals surface area contributed by atoms with Crippen molar-refractivity contribution >= 4 is 39.6 Å². The highest BCUT2D eigenvalue weighted by molar-refractivity contribution is 6.33. The molecular formula is C14H13ClN4O. The van der Waals surface area contributed by atoms with Crippen molar-refractivity contribution in [3.8, 4) is 0 Å². The van der Waals surface area contributed by atoms with Gasteiger partial charge in [0, 0.05) is 6.04 Å². The molecule has 3 heterocycles. The predicted octanol–water partition coefficient (Wildman–Crippen LogP) is 3.62. The molecule has 1 saturated carbocycles. The van der Waals surface area contributed by atoms with Crippen molar-refractivity contribution in [2.45, 2.75) is 32.7 Å². The van der Waals surface area contributed by atoms with Crippen molar-refractivity contribution in [2.24, 2.45) is 0 Å². The highest BCUT2D eigenvalue weighted by Gasteiger charge is 2.25. The van der Waals surface area contributed by atoms with Crippen molar-refractivity contribution in [1.29, 1.82) is 0 Å². The van der Waals surface area contributed by atoms with Gasteiger partial charge in [-0.1, -0.05) is 11.6 Å². The summed E-state index contributed by atoms with van der Waals surface area (Å²) in [5.41, 5.74) is 3.71. The fourth-order valence-corrected chi connectivity index (χ4v) is 2.56. The van der Waals surface area contributed by atoms with Crippen LogP contribution >= 0.6 is 11.6 Å². The molecule has 1 fully saturated rings. The van der Waals surface area contributed by atoms with Crippen LogP contribution in [0.25, 0.3) is 22.2 Å². The number of anilines is 1. The standard InChI is InChI=1S/C14H13ClN4O/c1-6-9-11-12(20-14(9)18-7(2)10(6)15)13(17-5-16-11)19-8-3-4-8/h5,8H,3-4H2,1-2H3,(H,16,17,19). The van der Waals surface area contributed by atoms with Gasteiger partial charge in [0.25, 0.3) is 0 Å². The zero-order chi connectivity index (χ0) is 13.9. The van der Waals surface area contributed by atoms with Gasteiger partial charge < -0.3 is 9.73 Å². The molecule has 0 atom stereocenters. The lowest BCUT2D eigenvalue weighted by atomic mass is 10.1. The van der Waals surface area contributed by atoms with Gasteiger partial charge in [0.2, 0.25) is 5.71 Å². The Bertz CT molecular complexity index is 838. The van der Waals surface area contributed by atoms with E-state index in [2.05, 4.69) is 20.3 Å². The Morgan fingerprint density at radius 1 is 1.30 bits per heavy atom. The number of furan rings is 1. The van der Waals surface area contributed by atoms with Crippen LogP contribution in [0, 0.1) is 13.8 Å². The van der Waals surface area contributed by atoms with Crippen molar-refractivity contribution in [3.63, 3.8) is 0 Å². The second-order valence-corrected chi connectivity index (χ2v) is 5.61. The first-order valence-electron chi connectivity index (χ1n) is 6.61. The molecule has 6 heteroatoms. The summed E-state index contributed by atoms with van der Waals surface area (Å²) in [6, 6.07) is 0.501. The Morgan fingerprint density at radius 2 is 2.10 bits per heavy atom. The topological polar surface area (TPSA) is 63.8 Å². The summed E-state index contributed by atoms with van der Waals surface area (Å²) in [4.78, 5) is 13.0. The number of nitrogens with zero attached hydrogens (tertiary/aromatic N) is 3. The van der Waals surface area contributed by atoms with Crippen LogP contribution in [-0.2, 0) is 0 Å². The monoisotopic (exact) mass is 288 g/mol. The fraction of sp³-hybridized carbons (Fsp3) is 0.357. The first kappa shape index (κ1) is 11.9. The number of nitrogens with one attached hydrogen (secondary N) is 1. The van der Waals surface area contributed by atoms with E-state index < -0.39 is 0 Å². The third kappa shape index (κ3) is 1.66. The van der Waals surface area contributed by atoms with Gasteiger partial charge >= 0.3 is 0 Å². The van der Waals surface area contributed by atoms with Gasteiger partial charge in [0.1, 0.15) is 11.8 Å². The minimum Gasteiger partial charge on any atom is -0.432 e. The number of pyridine rings is 1. The van der Waals surface area contributed by atoms with Crippen LogP contribution in [0.3, 0.4) is 0 Å². The lowest BCUT2D eigenvalue weighted by Crippen LogP contribution is -2.03. The zero-order valence-corrected chi connectivity index (χ0v) is 12.0. The molecule has 3 aromatic rings. The van der Waals surface area contributed by atoms with Gasteiger partial charge in [-0.2, -0.15) is 0 Å². The smallest absolute Gasteiger partial charge is 0.229 e. The summed E-state index contributed by atoms with van der Waals surface area (Å²) >= 11 is 6.28. The Morgan fingerprint density at radius 3 is 2.85 bits per heavy atom. The van der Waals surface area contributed by atoms with Crippen LogP contribution in [0.4, 0.5) is 5.82 Å². The molecule has 4 rings (SSSR count). The molecule has 1 aliphatic carbocycles. The molecule has 5 nitrogen and oxygen atoms in total. The molecule has 1 N–H and O–H groups in total. The van der Waals surface area contributed by atoms with E-state index in [9.17, 15) is 0 Å². The molecule has 0 bridgehead atoms. The average Bonchev–Trinajstić information content (AvgIpc) is 3.16. The van der Waals surface area contributed by atoms with E-state index in [-0.39, 0.29) is 0 Å². The van der Waals surface area contributed by atoms with Crippen LogP contribution in [0.2, 0.25) is 5.02 Å². The number of hydrogen-bond acceptors (Lipinski definition) is 5. The maximum atomic E-state index is 6.28. The molecular weight excluding hydrogens is 276 g/mol. The van der Waals surface area contributed by atoms with E-state index in [4.69, 9.17) is 16.0 Å². The molecule has 0 saturated heterocycles. The molecule has 0 radical (unpaired) electrons. The van der Waals surface area contributed by atoms with Gasteiger partial charge in [0.15, 0.2) is 11.4 Å². The molecule has 0 aliphatic heterocycles. The lowest BCUT2D eigenvalue weighted by Gasteiger charge is -2.02. The van der Waals surface area contributed by atoms with Crippen LogP contribution in [0.5, 0.6) is 0 Å². The maximum absolute atomic E-state index is 6.28. The highest BCUT2D eigenvalue weighted by atomic mass is 35.5. The Kier molecular flexibility index (Phi) is 2.41. The zero-order valence-electron chi connectivity index (χ0n) is 11.2. The summed E-state index contributed by atoms with van der Waals surface area (Å²) in [6.07, 6.45) is 3.90. The minimum atomic E-state index is 0.501. The number of halogens is 1. The van der Waals surface area contributed by atoms with Crippen molar-refractivity contribution in [2.75, 3.05) is 5.32 Å². The van der Waals surface area contributed by atoms with E-state index in [0.29, 0.717) is 22.4 Å². The quantitative estimate of drug-likeness (QED) is 0.780. The average molecular weight is 289 g/mol. The summed E-state index contributed by atoms with van der Waals surface area (Å²) < 4.78 is 5.87. The molecule has 0 spiro atoms. The fourth-order valence-electron chi connectivity index (χ4n) is 2.42. The second-order valence-electron chi connectivity index (χ2n) is 5.24. The Balaban J connectivity index is 2.06. The molecule has 3 aromatic heterocycles. The van der Waals surface area contributed by atoms with Gasteiger partial charge in [0.05, 0.1) is 16.1 Å². The van der Waals surface area contributed by atoms with Crippen LogP contribution in [-0.4, -0.2) is 21.0 Å². The predicted molar refractivity (Wildman–Crippen MR) is 78.2 cm³/mol. The van der Waals surface area contributed by atoms with E-state index >= 15 is 0 Å². The van der Waals surface area contributed by atoms with Gasteiger partial charge in [-0.3, -0.25) is 0 Å². The highest BCUT2D eigenvalue weighted by Crippen LogP contribution is 2.36. The first-order chi connectivity index (χ1) is 9.65. The van der Waals surface area contributed by atoms with Crippen molar-refractivity contribution in [1.82, 2.24) is 15.0 Å². The number of aryl methyl sites for hydroxylation is 2. The third-order valence-electron chi connectivity index (χ3n) is 3.66. The number of aromatic nitrogens is 3. The maximum Gasteiger partial charge on any atom is 0.229 e. The number of rotatable bonds is 2. The summed E-state index contributed by atoms with van der Waals surface area (Å²) in [5.74, 6) is 0.740. The first-order valence-corrected chi connectivity index (χ1v) is 6.99. The Labute approximate surface area is 120 Å². The summed E-state index contributed by atoms with van der Waals surface area (Å²) in [7, 11) is 0. The van der Waals surface area contributed by atoms with E-state index in [1.165, 1.54) is 12.8 Å².